The van der Waals surface area contributed by atoms with Crippen LogP contribution < -0.4 is 0 Å². The molecule has 3 nitrogen and oxygen atoms in total. The van der Waals surface area contributed by atoms with E-state index in [1.54, 1.807) is 0 Å². The van der Waals surface area contributed by atoms with Crippen LogP contribution in [0.5, 0.6) is 0 Å². The van der Waals surface area contributed by atoms with Crippen molar-refractivity contribution in [1.82, 2.24) is 0 Å². The van der Waals surface area contributed by atoms with Gasteiger partial charge < -0.3 is 9.84 Å². The van der Waals surface area contributed by atoms with Gasteiger partial charge in [0, 0.05) is 6.42 Å². The minimum atomic E-state index is -0.513. The topological polar surface area (TPSA) is 46.5 Å². The first-order valence-corrected chi connectivity index (χ1v) is 8.80. The third-order valence-corrected chi connectivity index (χ3v) is 5.68. The number of hydrogen-bond acceptors (Lipinski definition) is 3. The summed E-state index contributed by atoms with van der Waals surface area (Å²) in [6.45, 7) is 4.60. The number of carbonyl (C=O) groups is 1. The molecule has 22 heavy (non-hydrogen) atoms. The van der Waals surface area contributed by atoms with Crippen molar-refractivity contribution in [2.45, 2.75) is 64.6 Å². The molecule has 0 radical (unpaired) electrons. The Balaban J connectivity index is 1.63. The van der Waals surface area contributed by atoms with Gasteiger partial charge in [-0.25, -0.2) is 0 Å². The van der Waals surface area contributed by atoms with Crippen molar-refractivity contribution in [3.63, 3.8) is 0 Å². The summed E-state index contributed by atoms with van der Waals surface area (Å²) in [6, 6.07) is 0. The summed E-state index contributed by atoms with van der Waals surface area (Å²) in [7, 11) is 0. The molecule has 4 unspecified atom stereocenters. The number of cyclic esters (lactones) is 1. The lowest BCUT2D eigenvalue weighted by Gasteiger charge is -2.39. The monoisotopic (exact) mass is 304 g/mol. The lowest BCUT2D eigenvalue weighted by Crippen LogP contribution is -2.34. The van der Waals surface area contributed by atoms with Crippen LogP contribution in [-0.4, -0.2) is 23.3 Å². The SMILES string of the molecule is CC1C=CC2=C[C@H](C)CCC2C1CC[C@@H]1CC(O)CC(=O)O1. The quantitative estimate of drug-likeness (QED) is 0.810. The van der Waals surface area contributed by atoms with Gasteiger partial charge in [-0.3, -0.25) is 4.79 Å². The van der Waals surface area contributed by atoms with Gasteiger partial charge in [-0.2, -0.15) is 0 Å². The molecule has 0 spiro atoms. The van der Waals surface area contributed by atoms with Crippen LogP contribution in [0.1, 0.15) is 52.4 Å². The summed E-state index contributed by atoms with van der Waals surface area (Å²) in [4.78, 5) is 11.5. The lowest BCUT2D eigenvalue weighted by atomic mass is 9.66. The number of aliphatic hydroxyl groups excluding tert-OH is 1. The fraction of sp³-hybridized carbons (Fsp3) is 0.737. The largest absolute Gasteiger partial charge is 0.462 e. The highest BCUT2D eigenvalue weighted by Gasteiger charge is 2.34. The summed E-state index contributed by atoms with van der Waals surface area (Å²) in [5.74, 6) is 2.34. The van der Waals surface area contributed by atoms with Crippen LogP contribution >= 0.6 is 0 Å². The van der Waals surface area contributed by atoms with Crippen LogP contribution in [0.25, 0.3) is 0 Å². The molecule has 3 aliphatic rings. The molecule has 3 heteroatoms. The molecule has 0 bridgehead atoms. The Morgan fingerprint density at radius 1 is 1.27 bits per heavy atom. The molecular weight excluding hydrogens is 276 g/mol. The zero-order valence-corrected chi connectivity index (χ0v) is 13.7. The van der Waals surface area contributed by atoms with Crippen molar-refractivity contribution in [3.8, 4) is 0 Å². The van der Waals surface area contributed by atoms with Crippen molar-refractivity contribution in [2.24, 2.45) is 23.7 Å². The molecular formula is C19H28O3. The molecule has 0 aromatic carbocycles. The van der Waals surface area contributed by atoms with E-state index >= 15 is 0 Å². The molecule has 2 aliphatic carbocycles. The maximum atomic E-state index is 11.5. The molecule has 0 aromatic rings. The van der Waals surface area contributed by atoms with Crippen molar-refractivity contribution in [2.75, 3.05) is 0 Å². The third-order valence-electron chi connectivity index (χ3n) is 5.68. The first-order chi connectivity index (χ1) is 10.5. The van der Waals surface area contributed by atoms with Crippen LogP contribution in [0.4, 0.5) is 0 Å². The molecule has 1 N–H and O–H groups in total. The van der Waals surface area contributed by atoms with Crippen molar-refractivity contribution < 1.29 is 14.6 Å². The average molecular weight is 304 g/mol. The summed E-state index contributed by atoms with van der Waals surface area (Å²) in [5, 5.41) is 9.73. The molecule has 0 amide bonds. The van der Waals surface area contributed by atoms with E-state index in [1.165, 1.54) is 18.4 Å². The minimum Gasteiger partial charge on any atom is -0.462 e. The summed E-state index contributed by atoms with van der Waals surface area (Å²) in [5.41, 5.74) is 1.52. The Hall–Kier alpha value is -1.09. The van der Waals surface area contributed by atoms with Gasteiger partial charge in [0.05, 0.1) is 12.5 Å². The first kappa shape index (κ1) is 15.8. The van der Waals surface area contributed by atoms with Crippen molar-refractivity contribution in [3.05, 3.63) is 23.8 Å². The Bertz CT molecular complexity index is 479. The maximum Gasteiger partial charge on any atom is 0.308 e. The van der Waals surface area contributed by atoms with E-state index in [9.17, 15) is 9.90 Å². The smallest absolute Gasteiger partial charge is 0.308 e. The molecule has 1 saturated heterocycles. The van der Waals surface area contributed by atoms with E-state index in [4.69, 9.17) is 4.74 Å². The summed E-state index contributed by atoms with van der Waals surface area (Å²) < 4.78 is 5.40. The highest BCUT2D eigenvalue weighted by molar-refractivity contribution is 5.70. The highest BCUT2D eigenvalue weighted by atomic mass is 16.5. The number of aliphatic hydroxyl groups is 1. The Labute approximate surface area is 133 Å². The van der Waals surface area contributed by atoms with Gasteiger partial charge in [0.2, 0.25) is 0 Å². The second kappa shape index (κ2) is 6.57. The van der Waals surface area contributed by atoms with Gasteiger partial charge in [-0.15, -0.1) is 0 Å². The van der Waals surface area contributed by atoms with Gasteiger partial charge in [0.1, 0.15) is 6.10 Å². The molecule has 6 atom stereocenters. The van der Waals surface area contributed by atoms with Crippen LogP contribution in [0.3, 0.4) is 0 Å². The molecule has 122 valence electrons. The number of hydrogen-bond donors (Lipinski definition) is 1. The van der Waals surface area contributed by atoms with E-state index in [0.717, 1.165) is 12.8 Å². The van der Waals surface area contributed by atoms with Gasteiger partial charge in [0.15, 0.2) is 0 Å². The standard InChI is InChI=1S/C19H28O3/c1-12-3-7-18-14(9-12)5-4-13(2)17(18)8-6-16-10-15(20)11-19(21)22-16/h4-5,9,12-13,15-18,20H,3,6-8,10-11H2,1-2H3/t12-,13?,15?,16-,17?,18?/m1/s1. The van der Waals surface area contributed by atoms with E-state index in [-0.39, 0.29) is 18.5 Å². The van der Waals surface area contributed by atoms with Gasteiger partial charge in [-0.05, 0) is 54.9 Å². The lowest BCUT2D eigenvalue weighted by molar-refractivity contribution is -0.160. The number of ether oxygens (including phenoxy) is 1. The molecule has 0 saturated carbocycles. The molecule has 1 fully saturated rings. The molecule has 3 rings (SSSR count). The minimum absolute atomic E-state index is 0.0932. The number of esters is 1. The number of fused-ring (bicyclic) bond motifs is 1. The van der Waals surface area contributed by atoms with Gasteiger partial charge >= 0.3 is 5.97 Å². The Morgan fingerprint density at radius 2 is 2.09 bits per heavy atom. The highest BCUT2D eigenvalue weighted by Crippen LogP contribution is 2.43. The number of allylic oxidation sites excluding steroid dienone is 4. The fourth-order valence-electron chi connectivity index (χ4n) is 4.44. The fourth-order valence-corrected chi connectivity index (χ4v) is 4.44. The summed E-state index contributed by atoms with van der Waals surface area (Å²) >= 11 is 0. The van der Waals surface area contributed by atoms with E-state index in [2.05, 4.69) is 32.1 Å². The van der Waals surface area contributed by atoms with E-state index < -0.39 is 6.10 Å². The average Bonchev–Trinajstić information content (AvgIpc) is 2.45. The molecule has 0 aromatic heterocycles. The number of rotatable bonds is 3. The van der Waals surface area contributed by atoms with Crippen LogP contribution in [-0.2, 0) is 9.53 Å². The molecule has 1 aliphatic heterocycles. The van der Waals surface area contributed by atoms with Gasteiger partial charge in [0.25, 0.3) is 0 Å². The number of carbonyl (C=O) groups excluding carboxylic acids is 1. The van der Waals surface area contributed by atoms with Crippen LogP contribution in [0.2, 0.25) is 0 Å². The predicted octanol–water partition coefficient (Wildman–Crippen LogP) is 3.63. The molecule has 1 heterocycles. The predicted molar refractivity (Wildman–Crippen MR) is 86.1 cm³/mol. The second-order valence-corrected chi connectivity index (χ2v) is 7.49. The normalized spacial score (nSPS) is 41.6. The van der Waals surface area contributed by atoms with Crippen LogP contribution in [0.15, 0.2) is 23.8 Å². The summed E-state index contributed by atoms with van der Waals surface area (Å²) in [6.07, 6.45) is 11.8. The Kier molecular flexibility index (Phi) is 4.72. The second-order valence-electron chi connectivity index (χ2n) is 7.49. The Morgan fingerprint density at radius 3 is 2.86 bits per heavy atom. The van der Waals surface area contributed by atoms with E-state index in [0.29, 0.717) is 30.1 Å². The van der Waals surface area contributed by atoms with Gasteiger partial charge in [-0.1, -0.05) is 32.1 Å². The van der Waals surface area contributed by atoms with Crippen LogP contribution in [0, 0.1) is 23.7 Å². The third kappa shape index (κ3) is 3.45. The maximum absolute atomic E-state index is 11.5. The zero-order valence-electron chi connectivity index (χ0n) is 13.7. The van der Waals surface area contributed by atoms with E-state index in [1.807, 2.05) is 0 Å². The first-order valence-electron chi connectivity index (χ1n) is 8.80. The van der Waals surface area contributed by atoms with Crippen molar-refractivity contribution in [1.29, 1.82) is 0 Å². The van der Waals surface area contributed by atoms with Crippen molar-refractivity contribution >= 4 is 5.97 Å². The zero-order chi connectivity index (χ0) is 15.7.